The summed E-state index contributed by atoms with van der Waals surface area (Å²) in [5, 5.41) is 0. The van der Waals surface area contributed by atoms with E-state index < -0.39 is 23.2 Å². The Bertz CT molecular complexity index is 986. The van der Waals surface area contributed by atoms with E-state index in [2.05, 4.69) is 6.58 Å². The molecule has 0 N–H and O–H groups in total. The summed E-state index contributed by atoms with van der Waals surface area (Å²) < 4.78 is 29.7. The van der Waals surface area contributed by atoms with Crippen LogP contribution in [0.5, 0.6) is 5.75 Å². The van der Waals surface area contributed by atoms with Crippen molar-refractivity contribution in [2.75, 3.05) is 13.2 Å². The Morgan fingerprint density at radius 2 is 1.58 bits per heavy atom. The standard InChI is InChI=1S/C24H25FO6/c1-15(2)21(26)29-12-13-30-22(27)17-8-11-19(20(25)14-17)16-6-9-18(10-7-16)31-23(28)24(3,4)5/h6-11,14H,1,12-13H2,2-5H3. The largest absolute Gasteiger partial charge is 0.459 e. The minimum atomic E-state index is -0.735. The van der Waals surface area contributed by atoms with Crippen LogP contribution in [0.4, 0.5) is 4.39 Å². The lowest BCUT2D eigenvalue weighted by molar-refractivity contribution is -0.143. The second-order valence-corrected chi connectivity index (χ2v) is 7.91. The van der Waals surface area contributed by atoms with E-state index in [1.165, 1.54) is 19.1 Å². The lowest BCUT2D eigenvalue weighted by Gasteiger charge is -2.16. The molecule has 0 unspecified atom stereocenters. The minimum absolute atomic E-state index is 0.0307. The number of ether oxygens (including phenoxy) is 3. The number of hydrogen-bond donors (Lipinski definition) is 0. The van der Waals surface area contributed by atoms with Crippen LogP contribution in [-0.4, -0.2) is 31.1 Å². The molecule has 0 spiro atoms. The molecule has 0 atom stereocenters. The van der Waals surface area contributed by atoms with Gasteiger partial charge < -0.3 is 14.2 Å². The molecule has 0 amide bonds. The number of benzene rings is 2. The van der Waals surface area contributed by atoms with E-state index in [1.807, 2.05) is 0 Å². The van der Waals surface area contributed by atoms with E-state index >= 15 is 0 Å². The van der Waals surface area contributed by atoms with Crippen molar-refractivity contribution in [3.8, 4) is 16.9 Å². The first kappa shape index (κ1) is 23.8. The van der Waals surface area contributed by atoms with Gasteiger partial charge in [-0.1, -0.05) is 24.8 Å². The highest BCUT2D eigenvalue weighted by atomic mass is 19.1. The van der Waals surface area contributed by atoms with E-state index in [0.717, 1.165) is 6.07 Å². The van der Waals surface area contributed by atoms with Crippen LogP contribution >= 0.6 is 0 Å². The summed E-state index contributed by atoms with van der Waals surface area (Å²) >= 11 is 0. The lowest BCUT2D eigenvalue weighted by atomic mass is 9.97. The van der Waals surface area contributed by atoms with Gasteiger partial charge in [-0.2, -0.15) is 0 Å². The Balaban J connectivity index is 2.00. The average molecular weight is 428 g/mol. The van der Waals surface area contributed by atoms with Crippen molar-refractivity contribution in [2.24, 2.45) is 5.41 Å². The summed E-state index contributed by atoms with van der Waals surface area (Å²) in [5.41, 5.74) is 0.467. The highest BCUT2D eigenvalue weighted by molar-refractivity contribution is 5.90. The summed E-state index contributed by atoms with van der Waals surface area (Å²) in [7, 11) is 0. The molecule has 0 saturated heterocycles. The second kappa shape index (κ2) is 10.0. The molecule has 0 radical (unpaired) electrons. The van der Waals surface area contributed by atoms with Crippen LogP contribution in [0.2, 0.25) is 0 Å². The summed E-state index contributed by atoms with van der Waals surface area (Å²) in [5.74, 6) is -1.94. The van der Waals surface area contributed by atoms with Crippen molar-refractivity contribution in [2.45, 2.75) is 27.7 Å². The number of carbonyl (C=O) groups is 3. The van der Waals surface area contributed by atoms with Crippen LogP contribution in [0.3, 0.4) is 0 Å². The third kappa shape index (κ3) is 6.77. The van der Waals surface area contributed by atoms with Crippen LogP contribution in [-0.2, 0) is 19.1 Å². The maximum absolute atomic E-state index is 14.6. The van der Waals surface area contributed by atoms with Crippen LogP contribution in [0.1, 0.15) is 38.1 Å². The number of esters is 3. The molecule has 0 aliphatic heterocycles. The zero-order valence-corrected chi connectivity index (χ0v) is 18.0. The molecule has 0 fully saturated rings. The molecular weight excluding hydrogens is 403 g/mol. The van der Waals surface area contributed by atoms with E-state index in [1.54, 1.807) is 45.0 Å². The monoisotopic (exact) mass is 428 g/mol. The lowest BCUT2D eigenvalue weighted by Crippen LogP contribution is -2.25. The Kier molecular flexibility index (Phi) is 7.69. The SMILES string of the molecule is C=C(C)C(=O)OCCOC(=O)c1ccc(-c2ccc(OC(=O)C(C)(C)C)cc2)c(F)c1. The van der Waals surface area contributed by atoms with Gasteiger partial charge in [-0.25, -0.2) is 14.0 Å². The molecule has 2 aromatic carbocycles. The first-order valence-electron chi connectivity index (χ1n) is 9.61. The summed E-state index contributed by atoms with van der Waals surface area (Å²) in [6.45, 7) is 9.92. The van der Waals surface area contributed by atoms with E-state index in [9.17, 15) is 18.8 Å². The summed E-state index contributed by atoms with van der Waals surface area (Å²) in [4.78, 5) is 35.3. The molecule has 2 rings (SSSR count). The molecular formula is C24H25FO6. The number of carbonyl (C=O) groups excluding carboxylic acids is 3. The fourth-order valence-corrected chi connectivity index (χ4v) is 2.31. The predicted molar refractivity (Wildman–Crippen MR) is 113 cm³/mol. The van der Waals surface area contributed by atoms with Gasteiger partial charge in [0.15, 0.2) is 0 Å². The first-order chi connectivity index (χ1) is 14.5. The molecule has 7 heteroatoms. The fourth-order valence-electron chi connectivity index (χ4n) is 2.31. The molecule has 0 saturated carbocycles. The maximum Gasteiger partial charge on any atom is 0.338 e. The fraction of sp³-hybridized carbons (Fsp3) is 0.292. The number of hydrogen-bond acceptors (Lipinski definition) is 6. The molecule has 164 valence electrons. The maximum atomic E-state index is 14.6. The zero-order chi connectivity index (χ0) is 23.2. The molecule has 0 aliphatic carbocycles. The molecule has 31 heavy (non-hydrogen) atoms. The van der Waals surface area contributed by atoms with Crippen molar-refractivity contribution in [3.05, 3.63) is 66.0 Å². The summed E-state index contributed by atoms with van der Waals surface area (Å²) in [6, 6.07) is 10.4. The average Bonchev–Trinajstić information content (AvgIpc) is 2.70. The number of halogens is 1. The smallest absolute Gasteiger partial charge is 0.338 e. The molecule has 0 aliphatic rings. The second-order valence-electron chi connectivity index (χ2n) is 7.91. The predicted octanol–water partition coefficient (Wildman–Crippen LogP) is 4.72. The Hall–Kier alpha value is -3.48. The summed E-state index contributed by atoms with van der Waals surface area (Å²) in [6.07, 6.45) is 0. The van der Waals surface area contributed by atoms with Gasteiger partial charge in [0, 0.05) is 11.1 Å². The van der Waals surface area contributed by atoms with Crippen molar-refractivity contribution in [3.63, 3.8) is 0 Å². The zero-order valence-electron chi connectivity index (χ0n) is 18.0. The minimum Gasteiger partial charge on any atom is -0.459 e. The van der Waals surface area contributed by atoms with Gasteiger partial charge in [0.1, 0.15) is 24.8 Å². The van der Waals surface area contributed by atoms with Crippen LogP contribution < -0.4 is 4.74 Å². The Morgan fingerprint density at radius 1 is 0.968 bits per heavy atom. The van der Waals surface area contributed by atoms with Gasteiger partial charge in [-0.3, -0.25) is 4.79 Å². The first-order valence-corrected chi connectivity index (χ1v) is 9.61. The van der Waals surface area contributed by atoms with Crippen LogP contribution in [0.15, 0.2) is 54.6 Å². The van der Waals surface area contributed by atoms with Crippen molar-refractivity contribution >= 4 is 17.9 Å². The van der Waals surface area contributed by atoms with Crippen molar-refractivity contribution < 1.29 is 33.0 Å². The molecule has 0 aromatic heterocycles. The van der Waals surface area contributed by atoms with Gasteiger partial charge in [0.2, 0.25) is 0 Å². The quantitative estimate of drug-likeness (QED) is 0.275. The molecule has 0 bridgehead atoms. The molecule has 2 aromatic rings. The number of rotatable bonds is 7. The van der Waals surface area contributed by atoms with Gasteiger partial charge in [-0.15, -0.1) is 0 Å². The third-order valence-corrected chi connectivity index (χ3v) is 4.09. The molecule has 6 nitrogen and oxygen atoms in total. The van der Waals surface area contributed by atoms with Gasteiger partial charge in [0.25, 0.3) is 0 Å². The van der Waals surface area contributed by atoms with Crippen molar-refractivity contribution in [1.29, 1.82) is 0 Å². The van der Waals surface area contributed by atoms with Gasteiger partial charge in [0.05, 0.1) is 11.0 Å². The Labute approximate surface area is 180 Å². The highest BCUT2D eigenvalue weighted by Gasteiger charge is 2.23. The van der Waals surface area contributed by atoms with Gasteiger partial charge >= 0.3 is 17.9 Å². The highest BCUT2D eigenvalue weighted by Crippen LogP contribution is 2.27. The van der Waals surface area contributed by atoms with Crippen LogP contribution in [0, 0.1) is 11.2 Å². The van der Waals surface area contributed by atoms with Crippen molar-refractivity contribution in [1.82, 2.24) is 0 Å². The van der Waals surface area contributed by atoms with E-state index in [0.29, 0.717) is 11.3 Å². The van der Waals surface area contributed by atoms with Gasteiger partial charge in [-0.05, 0) is 57.5 Å². The Morgan fingerprint density at radius 3 is 2.13 bits per heavy atom. The van der Waals surface area contributed by atoms with Crippen LogP contribution in [0.25, 0.3) is 11.1 Å². The third-order valence-electron chi connectivity index (χ3n) is 4.09. The van der Waals surface area contributed by atoms with E-state index in [4.69, 9.17) is 14.2 Å². The molecule has 0 heterocycles. The van der Waals surface area contributed by atoms with E-state index in [-0.39, 0.29) is 35.9 Å². The topological polar surface area (TPSA) is 78.9 Å². The normalized spacial score (nSPS) is 10.9.